The smallest absolute Gasteiger partial charge is 0.136 e. The van der Waals surface area contributed by atoms with E-state index < -0.39 is 0 Å². The van der Waals surface area contributed by atoms with Gasteiger partial charge in [0.25, 0.3) is 0 Å². The molecule has 0 spiro atoms. The van der Waals surface area contributed by atoms with Gasteiger partial charge in [-0.2, -0.15) is 0 Å². The molecular weight excluding hydrogens is 300 g/mol. The molecule has 0 radical (unpaired) electrons. The summed E-state index contributed by atoms with van der Waals surface area (Å²) in [6.45, 7) is 2.93. The van der Waals surface area contributed by atoms with Crippen molar-refractivity contribution in [1.29, 1.82) is 0 Å². The third kappa shape index (κ3) is 3.06. The molecule has 2 heterocycles. The number of hydrogen-bond donors (Lipinski definition) is 2. The Hall–Kier alpha value is -1.53. The average molecular weight is 318 g/mol. The van der Waals surface area contributed by atoms with Crippen LogP contribution in [-0.2, 0) is 12.8 Å². The van der Waals surface area contributed by atoms with Crippen molar-refractivity contribution in [3.63, 3.8) is 0 Å². The number of fused-ring (bicyclic) bond motifs is 1. The standard InChI is InChI=1S/C15H18N4S2/c1-9(15-17-5-6-21-15)8-18-14-11(13(16)20)7-10-3-2-4-12(10)19-14/h5-7,9H,2-4,8H2,1H3,(H2,16,20)(H,18,19). The second-order valence-corrected chi connectivity index (χ2v) is 6.73. The van der Waals surface area contributed by atoms with Crippen LogP contribution < -0.4 is 11.1 Å². The minimum absolute atomic E-state index is 0.333. The lowest BCUT2D eigenvalue weighted by atomic mass is 10.1. The molecule has 0 fully saturated rings. The molecule has 4 nitrogen and oxygen atoms in total. The van der Waals surface area contributed by atoms with Crippen LogP contribution in [0.3, 0.4) is 0 Å². The zero-order valence-electron chi connectivity index (χ0n) is 11.9. The van der Waals surface area contributed by atoms with E-state index in [1.165, 1.54) is 11.3 Å². The summed E-state index contributed by atoms with van der Waals surface area (Å²) in [5, 5.41) is 6.53. The van der Waals surface area contributed by atoms with Gasteiger partial charge in [0.05, 0.1) is 10.6 Å². The normalized spacial score (nSPS) is 14.7. The van der Waals surface area contributed by atoms with Gasteiger partial charge in [0.1, 0.15) is 10.8 Å². The molecule has 0 aliphatic heterocycles. The third-order valence-electron chi connectivity index (χ3n) is 3.76. The predicted octanol–water partition coefficient (Wildman–Crippen LogP) is 2.88. The lowest BCUT2D eigenvalue weighted by Gasteiger charge is -2.15. The minimum Gasteiger partial charge on any atom is -0.389 e. The number of aromatic nitrogens is 2. The fourth-order valence-corrected chi connectivity index (χ4v) is 3.46. The number of rotatable bonds is 5. The van der Waals surface area contributed by atoms with E-state index in [4.69, 9.17) is 22.9 Å². The zero-order valence-corrected chi connectivity index (χ0v) is 13.6. The first-order valence-electron chi connectivity index (χ1n) is 7.11. The van der Waals surface area contributed by atoms with Crippen LogP contribution in [0.4, 0.5) is 5.82 Å². The maximum Gasteiger partial charge on any atom is 0.136 e. The maximum absolute atomic E-state index is 5.85. The van der Waals surface area contributed by atoms with Gasteiger partial charge in [-0.3, -0.25) is 0 Å². The number of nitrogens with one attached hydrogen (secondary N) is 1. The molecule has 3 N–H and O–H groups in total. The highest BCUT2D eigenvalue weighted by Gasteiger charge is 2.18. The first kappa shape index (κ1) is 14.4. The van der Waals surface area contributed by atoms with Crippen molar-refractivity contribution < 1.29 is 0 Å². The van der Waals surface area contributed by atoms with E-state index in [2.05, 4.69) is 23.3 Å². The quantitative estimate of drug-likeness (QED) is 0.830. The first-order chi connectivity index (χ1) is 10.1. The monoisotopic (exact) mass is 318 g/mol. The number of pyridine rings is 1. The number of thiocarbonyl (C=S) groups is 1. The van der Waals surface area contributed by atoms with Gasteiger partial charge in [0.15, 0.2) is 0 Å². The number of anilines is 1. The van der Waals surface area contributed by atoms with Crippen molar-refractivity contribution >= 4 is 34.4 Å². The molecule has 1 aliphatic rings. The Balaban J connectivity index is 1.79. The van der Waals surface area contributed by atoms with Crippen molar-refractivity contribution in [3.8, 4) is 0 Å². The van der Waals surface area contributed by atoms with Crippen molar-refractivity contribution in [2.45, 2.75) is 32.1 Å². The van der Waals surface area contributed by atoms with Gasteiger partial charge in [-0.05, 0) is 30.9 Å². The van der Waals surface area contributed by atoms with Gasteiger partial charge >= 0.3 is 0 Å². The highest BCUT2D eigenvalue weighted by atomic mass is 32.1. The molecule has 0 bridgehead atoms. The fourth-order valence-electron chi connectivity index (χ4n) is 2.61. The summed E-state index contributed by atoms with van der Waals surface area (Å²) < 4.78 is 0. The van der Waals surface area contributed by atoms with E-state index in [1.54, 1.807) is 11.3 Å². The first-order valence-corrected chi connectivity index (χ1v) is 8.40. The van der Waals surface area contributed by atoms with Crippen molar-refractivity contribution in [1.82, 2.24) is 9.97 Å². The lowest BCUT2D eigenvalue weighted by Crippen LogP contribution is -2.18. The van der Waals surface area contributed by atoms with Crippen LogP contribution in [0.1, 0.15) is 41.1 Å². The van der Waals surface area contributed by atoms with Crippen molar-refractivity contribution in [2.75, 3.05) is 11.9 Å². The molecule has 0 saturated heterocycles. The second kappa shape index (κ2) is 6.07. The van der Waals surface area contributed by atoms with Crippen molar-refractivity contribution in [3.05, 3.63) is 39.5 Å². The van der Waals surface area contributed by atoms with Gasteiger partial charge in [0.2, 0.25) is 0 Å². The average Bonchev–Trinajstić information content (AvgIpc) is 3.13. The van der Waals surface area contributed by atoms with Crippen molar-refractivity contribution in [2.24, 2.45) is 5.73 Å². The SMILES string of the molecule is CC(CNc1nc2c(cc1C(N)=S)CCC2)c1nccs1. The van der Waals surface area contributed by atoms with Crippen LogP contribution in [-0.4, -0.2) is 21.5 Å². The molecule has 3 rings (SSSR count). The van der Waals surface area contributed by atoms with Crippen LogP contribution >= 0.6 is 23.6 Å². The van der Waals surface area contributed by atoms with Gasteiger partial charge in [0, 0.05) is 29.7 Å². The number of aryl methyl sites for hydroxylation is 2. The van der Waals surface area contributed by atoms with E-state index in [9.17, 15) is 0 Å². The summed E-state index contributed by atoms with van der Waals surface area (Å²) in [6, 6.07) is 2.11. The molecule has 1 unspecified atom stereocenters. The molecule has 0 amide bonds. The fraction of sp³-hybridized carbons (Fsp3) is 0.400. The molecule has 1 aliphatic carbocycles. The predicted molar refractivity (Wildman–Crippen MR) is 91.2 cm³/mol. The lowest BCUT2D eigenvalue weighted by molar-refractivity contribution is 0.790. The van der Waals surface area contributed by atoms with E-state index in [0.29, 0.717) is 10.9 Å². The third-order valence-corrected chi connectivity index (χ3v) is 4.99. The van der Waals surface area contributed by atoms with Crippen LogP contribution in [0.5, 0.6) is 0 Å². The number of nitrogens with two attached hydrogens (primary N) is 1. The molecular formula is C15H18N4S2. The highest BCUT2D eigenvalue weighted by molar-refractivity contribution is 7.80. The molecule has 0 aromatic carbocycles. The van der Waals surface area contributed by atoms with Gasteiger partial charge in [-0.25, -0.2) is 9.97 Å². The summed E-state index contributed by atoms with van der Waals surface area (Å²) in [7, 11) is 0. The molecule has 0 saturated carbocycles. The Morgan fingerprint density at radius 1 is 1.52 bits per heavy atom. The second-order valence-electron chi connectivity index (χ2n) is 5.36. The highest BCUT2D eigenvalue weighted by Crippen LogP contribution is 2.26. The van der Waals surface area contributed by atoms with Gasteiger partial charge < -0.3 is 11.1 Å². The molecule has 2 aromatic heterocycles. The molecule has 110 valence electrons. The Kier molecular flexibility index (Phi) is 4.17. The summed E-state index contributed by atoms with van der Waals surface area (Å²) in [5.74, 6) is 1.14. The Morgan fingerprint density at radius 3 is 3.10 bits per heavy atom. The zero-order chi connectivity index (χ0) is 14.8. The van der Waals surface area contributed by atoms with Gasteiger partial charge in [-0.15, -0.1) is 11.3 Å². The molecule has 1 atom stereocenters. The largest absolute Gasteiger partial charge is 0.389 e. The minimum atomic E-state index is 0.333. The van der Waals surface area contributed by atoms with Crippen LogP contribution in [0.25, 0.3) is 0 Å². The van der Waals surface area contributed by atoms with E-state index >= 15 is 0 Å². The summed E-state index contributed by atoms with van der Waals surface area (Å²) in [5.41, 5.74) is 9.18. The van der Waals surface area contributed by atoms with E-state index in [0.717, 1.165) is 42.2 Å². The van der Waals surface area contributed by atoms with E-state index in [1.807, 2.05) is 11.6 Å². The van der Waals surface area contributed by atoms with Crippen LogP contribution in [0.2, 0.25) is 0 Å². The van der Waals surface area contributed by atoms with Crippen LogP contribution in [0, 0.1) is 0 Å². The summed E-state index contributed by atoms with van der Waals surface area (Å²) >= 11 is 6.84. The molecule has 6 heteroatoms. The van der Waals surface area contributed by atoms with Crippen LogP contribution in [0.15, 0.2) is 17.6 Å². The Morgan fingerprint density at radius 2 is 2.38 bits per heavy atom. The molecule has 2 aromatic rings. The van der Waals surface area contributed by atoms with E-state index in [-0.39, 0.29) is 0 Å². The maximum atomic E-state index is 5.85. The Bertz CT molecular complexity index is 652. The number of hydrogen-bond acceptors (Lipinski definition) is 5. The topological polar surface area (TPSA) is 63.8 Å². The number of thiazole rings is 1. The summed E-state index contributed by atoms with van der Waals surface area (Å²) in [4.78, 5) is 9.49. The summed E-state index contributed by atoms with van der Waals surface area (Å²) in [6.07, 6.45) is 5.13. The molecule has 21 heavy (non-hydrogen) atoms. The number of nitrogens with zero attached hydrogens (tertiary/aromatic N) is 2. The van der Waals surface area contributed by atoms with Gasteiger partial charge in [-0.1, -0.05) is 19.1 Å². The Labute approximate surface area is 133 Å².